The molecule has 1 heterocycles. The molecule has 3 unspecified atom stereocenters. The minimum atomic E-state index is 0.469. The Morgan fingerprint density at radius 1 is 1.10 bits per heavy atom. The lowest BCUT2D eigenvalue weighted by molar-refractivity contribution is 0.136. The molecule has 2 heteroatoms. The molecule has 0 spiro atoms. The van der Waals surface area contributed by atoms with Crippen molar-refractivity contribution in [3.63, 3.8) is 0 Å². The molecule has 21 heavy (non-hydrogen) atoms. The Balaban J connectivity index is 1.96. The monoisotopic (exact) mass is 288 g/mol. The van der Waals surface area contributed by atoms with Gasteiger partial charge in [-0.3, -0.25) is 0 Å². The second-order valence-electron chi connectivity index (χ2n) is 7.26. The third-order valence-electron chi connectivity index (χ3n) is 4.67. The SMILES string of the molecule is CNC(CCN1CC(C)CC(C)C1)c1cc(C)cc(C)c1. The van der Waals surface area contributed by atoms with Crippen LogP contribution in [-0.2, 0) is 0 Å². The fourth-order valence-electron chi connectivity index (χ4n) is 3.98. The lowest BCUT2D eigenvalue weighted by Crippen LogP contribution is -2.40. The van der Waals surface area contributed by atoms with Gasteiger partial charge in [-0.25, -0.2) is 0 Å². The zero-order valence-corrected chi connectivity index (χ0v) is 14.4. The minimum absolute atomic E-state index is 0.469. The Labute approximate surface area is 130 Å². The maximum atomic E-state index is 3.51. The predicted molar refractivity (Wildman–Crippen MR) is 91.7 cm³/mol. The van der Waals surface area contributed by atoms with E-state index in [4.69, 9.17) is 0 Å². The van der Waals surface area contributed by atoms with Gasteiger partial charge in [-0.05, 0) is 57.7 Å². The summed E-state index contributed by atoms with van der Waals surface area (Å²) in [5.74, 6) is 1.70. The molecule has 1 aromatic carbocycles. The molecule has 2 rings (SSSR count). The number of rotatable bonds is 5. The molecule has 0 aliphatic carbocycles. The van der Waals surface area contributed by atoms with E-state index in [1.165, 1.54) is 49.2 Å². The third-order valence-corrected chi connectivity index (χ3v) is 4.67. The molecule has 0 radical (unpaired) electrons. The zero-order chi connectivity index (χ0) is 15.4. The molecule has 118 valence electrons. The number of piperidine rings is 1. The molecule has 2 nitrogen and oxygen atoms in total. The number of likely N-dealkylation sites (tertiary alicyclic amines) is 1. The molecule has 0 amide bonds. The largest absolute Gasteiger partial charge is 0.313 e. The standard InChI is InChI=1S/C19H32N2/c1-14-8-15(2)11-18(10-14)19(20-5)6-7-21-12-16(3)9-17(4)13-21/h8,10-11,16-17,19-20H,6-7,9,12-13H2,1-5H3. The van der Waals surface area contributed by atoms with Crippen molar-refractivity contribution >= 4 is 0 Å². The topological polar surface area (TPSA) is 15.3 Å². The van der Waals surface area contributed by atoms with E-state index in [0.29, 0.717) is 6.04 Å². The van der Waals surface area contributed by atoms with E-state index in [-0.39, 0.29) is 0 Å². The second-order valence-corrected chi connectivity index (χ2v) is 7.26. The number of benzene rings is 1. The fraction of sp³-hybridized carbons (Fsp3) is 0.684. The van der Waals surface area contributed by atoms with Crippen molar-refractivity contribution in [3.05, 3.63) is 34.9 Å². The van der Waals surface area contributed by atoms with Gasteiger partial charge in [0.1, 0.15) is 0 Å². The summed E-state index contributed by atoms with van der Waals surface area (Å²) in [7, 11) is 2.09. The van der Waals surface area contributed by atoms with Crippen molar-refractivity contribution in [2.75, 3.05) is 26.7 Å². The van der Waals surface area contributed by atoms with E-state index in [0.717, 1.165) is 11.8 Å². The van der Waals surface area contributed by atoms with Crippen molar-refractivity contribution in [2.24, 2.45) is 11.8 Å². The maximum absolute atomic E-state index is 3.51. The van der Waals surface area contributed by atoms with Crippen LogP contribution < -0.4 is 5.32 Å². The maximum Gasteiger partial charge on any atom is 0.0329 e. The van der Waals surface area contributed by atoms with Crippen LogP contribution in [0.5, 0.6) is 0 Å². The number of aryl methyl sites for hydroxylation is 2. The van der Waals surface area contributed by atoms with Crippen LogP contribution in [0.3, 0.4) is 0 Å². The van der Waals surface area contributed by atoms with E-state index in [9.17, 15) is 0 Å². The van der Waals surface area contributed by atoms with Crippen LogP contribution >= 0.6 is 0 Å². The molecular formula is C19H32N2. The molecule has 1 fully saturated rings. The summed E-state index contributed by atoms with van der Waals surface area (Å²) >= 11 is 0. The van der Waals surface area contributed by atoms with Gasteiger partial charge in [-0.15, -0.1) is 0 Å². The summed E-state index contributed by atoms with van der Waals surface area (Å²) < 4.78 is 0. The van der Waals surface area contributed by atoms with Crippen LogP contribution in [0.1, 0.15) is 49.4 Å². The Hall–Kier alpha value is -0.860. The molecule has 1 aliphatic heterocycles. The molecular weight excluding hydrogens is 256 g/mol. The fourth-order valence-corrected chi connectivity index (χ4v) is 3.98. The van der Waals surface area contributed by atoms with Gasteiger partial charge >= 0.3 is 0 Å². The summed E-state index contributed by atoms with van der Waals surface area (Å²) in [6.45, 7) is 12.9. The zero-order valence-electron chi connectivity index (χ0n) is 14.4. The van der Waals surface area contributed by atoms with Crippen molar-refractivity contribution in [3.8, 4) is 0 Å². The van der Waals surface area contributed by atoms with E-state index < -0.39 is 0 Å². The van der Waals surface area contributed by atoms with Crippen molar-refractivity contribution < 1.29 is 0 Å². The van der Waals surface area contributed by atoms with E-state index in [1.807, 2.05) is 0 Å². The lowest BCUT2D eigenvalue weighted by atomic mass is 9.91. The average Bonchev–Trinajstić information content (AvgIpc) is 2.37. The van der Waals surface area contributed by atoms with Gasteiger partial charge in [0.2, 0.25) is 0 Å². The van der Waals surface area contributed by atoms with Crippen LogP contribution in [0, 0.1) is 25.7 Å². The smallest absolute Gasteiger partial charge is 0.0329 e. The van der Waals surface area contributed by atoms with E-state index >= 15 is 0 Å². The first kappa shape index (κ1) is 16.5. The van der Waals surface area contributed by atoms with Crippen LogP contribution in [0.4, 0.5) is 0 Å². The summed E-state index contributed by atoms with van der Waals surface area (Å²) in [5, 5.41) is 3.51. The predicted octanol–water partition coefficient (Wildman–Crippen LogP) is 3.93. The molecule has 1 aliphatic rings. The first-order chi connectivity index (χ1) is 9.97. The minimum Gasteiger partial charge on any atom is -0.313 e. The van der Waals surface area contributed by atoms with Crippen LogP contribution in [0.25, 0.3) is 0 Å². The molecule has 0 saturated carbocycles. The van der Waals surface area contributed by atoms with Gasteiger partial charge in [-0.1, -0.05) is 43.2 Å². The molecule has 1 N–H and O–H groups in total. The Bertz CT molecular complexity index is 425. The van der Waals surface area contributed by atoms with Gasteiger partial charge in [0.15, 0.2) is 0 Å². The van der Waals surface area contributed by atoms with Crippen LogP contribution in [0.15, 0.2) is 18.2 Å². The number of nitrogens with one attached hydrogen (secondary N) is 1. The van der Waals surface area contributed by atoms with Gasteiger partial charge in [-0.2, -0.15) is 0 Å². The highest BCUT2D eigenvalue weighted by Crippen LogP contribution is 2.24. The van der Waals surface area contributed by atoms with Crippen LogP contribution in [0.2, 0.25) is 0 Å². The molecule has 1 saturated heterocycles. The van der Waals surface area contributed by atoms with Gasteiger partial charge in [0.05, 0.1) is 0 Å². The summed E-state index contributed by atoms with van der Waals surface area (Å²) in [5.41, 5.74) is 4.17. The molecule has 0 aromatic heterocycles. The third kappa shape index (κ3) is 4.82. The highest BCUT2D eigenvalue weighted by molar-refractivity contribution is 5.30. The van der Waals surface area contributed by atoms with E-state index in [1.54, 1.807) is 0 Å². The van der Waals surface area contributed by atoms with Crippen molar-refractivity contribution in [2.45, 2.75) is 46.6 Å². The average molecular weight is 288 g/mol. The number of hydrogen-bond donors (Lipinski definition) is 1. The van der Waals surface area contributed by atoms with Gasteiger partial charge in [0, 0.05) is 19.1 Å². The number of hydrogen-bond acceptors (Lipinski definition) is 2. The highest BCUT2D eigenvalue weighted by atomic mass is 15.1. The quantitative estimate of drug-likeness (QED) is 0.883. The Kier molecular flexibility index (Phi) is 5.83. The summed E-state index contributed by atoms with van der Waals surface area (Å²) in [4.78, 5) is 2.66. The van der Waals surface area contributed by atoms with Gasteiger partial charge in [0.25, 0.3) is 0 Å². The number of nitrogens with zero attached hydrogens (tertiary/aromatic N) is 1. The first-order valence-electron chi connectivity index (χ1n) is 8.45. The summed E-state index contributed by atoms with van der Waals surface area (Å²) in [6.07, 6.45) is 2.59. The normalized spacial score (nSPS) is 25.0. The van der Waals surface area contributed by atoms with Crippen molar-refractivity contribution in [1.29, 1.82) is 0 Å². The highest BCUT2D eigenvalue weighted by Gasteiger charge is 2.22. The summed E-state index contributed by atoms with van der Waals surface area (Å²) in [6, 6.07) is 7.38. The van der Waals surface area contributed by atoms with E-state index in [2.05, 4.69) is 63.2 Å². The Morgan fingerprint density at radius 3 is 2.19 bits per heavy atom. The van der Waals surface area contributed by atoms with Crippen LogP contribution in [-0.4, -0.2) is 31.6 Å². The van der Waals surface area contributed by atoms with Gasteiger partial charge < -0.3 is 10.2 Å². The lowest BCUT2D eigenvalue weighted by Gasteiger charge is -2.35. The first-order valence-corrected chi connectivity index (χ1v) is 8.45. The second kappa shape index (κ2) is 7.42. The molecule has 0 bridgehead atoms. The molecule has 1 aromatic rings. The Morgan fingerprint density at radius 2 is 1.67 bits per heavy atom. The molecule has 3 atom stereocenters. The van der Waals surface area contributed by atoms with Crippen molar-refractivity contribution in [1.82, 2.24) is 10.2 Å².